The average Bonchev–Trinajstić information content (AvgIpc) is 2.64. The molecule has 1 aromatic carbocycles. The number of benzene rings is 1. The summed E-state index contributed by atoms with van der Waals surface area (Å²) in [5.41, 5.74) is -1.60. The largest absolute Gasteiger partial charge is 0.462 e. The Hall–Kier alpha value is -1.59. The second kappa shape index (κ2) is 13.6. The fraction of sp³-hybridized carbons (Fsp3) is 0.682. The third kappa shape index (κ3) is 10.7. The van der Waals surface area contributed by atoms with E-state index in [1.165, 1.54) is 51.4 Å². The quantitative estimate of drug-likeness (QED) is 0.180. The highest BCUT2D eigenvalue weighted by Gasteiger charge is 2.32. The fourth-order valence-corrected chi connectivity index (χ4v) is 3.06. The van der Waals surface area contributed by atoms with Gasteiger partial charge < -0.3 is 4.74 Å². The van der Waals surface area contributed by atoms with Crippen LogP contribution in [0, 0.1) is 5.82 Å². The van der Waals surface area contributed by atoms with Crippen LogP contribution in [-0.2, 0) is 10.9 Å². The van der Waals surface area contributed by atoms with Gasteiger partial charge in [0.2, 0.25) is 0 Å². The van der Waals surface area contributed by atoms with Crippen LogP contribution in [0.4, 0.5) is 17.6 Å². The number of unbranched alkanes of at least 4 members (excludes halogenated alkanes) is 11. The molecule has 0 radical (unpaired) electrons. The maximum atomic E-state index is 13.3. The highest BCUT2D eigenvalue weighted by Crippen LogP contribution is 2.30. The third-order valence-electron chi connectivity index (χ3n) is 4.69. The molecule has 160 valence electrons. The van der Waals surface area contributed by atoms with E-state index in [1.807, 2.05) is 0 Å². The normalized spacial score (nSPS) is 11.6. The predicted molar refractivity (Wildman–Crippen MR) is 103 cm³/mol. The summed E-state index contributed by atoms with van der Waals surface area (Å²) >= 11 is 0. The number of hydrogen-bond donors (Lipinski definition) is 0. The molecule has 0 aliphatic rings. The van der Waals surface area contributed by atoms with Gasteiger partial charge in [-0.3, -0.25) is 0 Å². The molecule has 0 N–H and O–H groups in total. The van der Waals surface area contributed by atoms with Gasteiger partial charge in [0.05, 0.1) is 17.7 Å². The number of esters is 1. The van der Waals surface area contributed by atoms with Crippen LogP contribution in [0.5, 0.6) is 0 Å². The summed E-state index contributed by atoms with van der Waals surface area (Å²) in [6, 6.07) is 1.75. The number of alkyl halides is 3. The van der Waals surface area contributed by atoms with Gasteiger partial charge in [-0.1, -0.05) is 77.6 Å². The van der Waals surface area contributed by atoms with Crippen LogP contribution in [0.3, 0.4) is 0 Å². The van der Waals surface area contributed by atoms with Crippen molar-refractivity contribution in [3.8, 4) is 0 Å². The fourth-order valence-electron chi connectivity index (χ4n) is 3.06. The zero-order valence-electron chi connectivity index (χ0n) is 16.8. The molecule has 2 nitrogen and oxygen atoms in total. The molecule has 1 aromatic rings. The lowest BCUT2D eigenvalue weighted by atomic mass is 10.1. The summed E-state index contributed by atoms with van der Waals surface area (Å²) in [6.45, 7) is 2.35. The van der Waals surface area contributed by atoms with Crippen molar-refractivity contribution < 1.29 is 27.1 Å². The maximum absolute atomic E-state index is 13.3. The molecule has 0 amide bonds. The van der Waals surface area contributed by atoms with E-state index in [2.05, 4.69) is 6.92 Å². The highest BCUT2D eigenvalue weighted by molar-refractivity contribution is 5.89. The van der Waals surface area contributed by atoms with Crippen molar-refractivity contribution in [3.05, 3.63) is 35.1 Å². The van der Waals surface area contributed by atoms with Gasteiger partial charge in [-0.25, -0.2) is 9.18 Å². The number of rotatable bonds is 14. The van der Waals surface area contributed by atoms with Crippen LogP contribution in [0.15, 0.2) is 18.2 Å². The molecule has 0 aromatic heterocycles. The molecule has 0 heterocycles. The van der Waals surface area contributed by atoms with Crippen LogP contribution in [0.1, 0.15) is 99.9 Å². The summed E-state index contributed by atoms with van der Waals surface area (Å²) < 4.78 is 56.3. The molecular formula is C22H32F4O2. The minimum absolute atomic E-state index is 0.133. The van der Waals surface area contributed by atoms with Crippen LogP contribution in [-0.4, -0.2) is 12.6 Å². The first-order valence-corrected chi connectivity index (χ1v) is 10.4. The molecule has 28 heavy (non-hydrogen) atoms. The SMILES string of the molecule is CCCCCCCCCCCCCCOC(=O)c1cc(F)cc(C(F)(F)F)c1. The van der Waals surface area contributed by atoms with Gasteiger partial charge in [-0.05, 0) is 24.6 Å². The lowest BCUT2D eigenvalue weighted by molar-refractivity contribution is -0.137. The van der Waals surface area contributed by atoms with Crippen LogP contribution < -0.4 is 0 Å². The van der Waals surface area contributed by atoms with Crippen molar-refractivity contribution in [2.45, 2.75) is 90.1 Å². The first-order chi connectivity index (χ1) is 13.3. The molecular weight excluding hydrogens is 372 g/mol. The molecule has 6 heteroatoms. The van der Waals surface area contributed by atoms with E-state index in [0.717, 1.165) is 25.3 Å². The van der Waals surface area contributed by atoms with Crippen LogP contribution in [0.25, 0.3) is 0 Å². The third-order valence-corrected chi connectivity index (χ3v) is 4.69. The van der Waals surface area contributed by atoms with E-state index in [0.29, 0.717) is 18.6 Å². The molecule has 0 atom stereocenters. The summed E-state index contributed by atoms with van der Waals surface area (Å²) in [6.07, 6.45) is 9.36. The van der Waals surface area contributed by atoms with Gasteiger partial charge >= 0.3 is 12.1 Å². The van der Waals surface area contributed by atoms with E-state index in [4.69, 9.17) is 4.74 Å². The van der Waals surface area contributed by atoms with Crippen molar-refractivity contribution >= 4 is 5.97 Å². The summed E-state index contributed by atoms with van der Waals surface area (Å²) in [5.74, 6) is -2.03. The lowest BCUT2D eigenvalue weighted by Gasteiger charge is -2.09. The molecule has 0 spiro atoms. The number of ether oxygens (including phenoxy) is 1. The van der Waals surface area contributed by atoms with Gasteiger partial charge in [0.25, 0.3) is 0 Å². The second-order valence-corrected chi connectivity index (χ2v) is 7.25. The molecule has 0 saturated heterocycles. The summed E-state index contributed by atoms with van der Waals surface area (Å²) in [5, 5.41) is 0. The van der Waals surface area contributed by atoms with Crippen molar-refractivity contribution in [1.29, 1.82) is 0 Å². The van der Waals surface area contributed by atoms with Crippen LogP contribution in [0.2, 0.25) is 0 Å². The van der Waals surface area contributed by atoms with E-state index in [1.54, 1.807) is 0 Å². The topological polar surface area (TPSA) is 26.3 Å². The predicted octanol–water partition coefficient (Wildman–Crippen LogP) is 7.70. The first kappa shape index (κ1) is 24.4. The summed E-state index contributed by atoms with van der Waals surface area (Å²) in [4.78, 5) is 11.8. The smallest absolute Gasteiger partial charge is 0.416 e. The van der Waals surface area contributed by atoms with Gasteiger partial charge in [0.15, 0.2) is 0 Å². The molecule has 0 unspecified atom stereocenters. The van der Waals surface area contributed by atoms with Gasteiger partial charge in [0.1, 0.15) is 5.82 Å². The Labute approximate surface area is 165 Å². The van der Waals surface area contributed by atoms with E-state index >= 15 is 0 Å². The van der Waals surface area contributed by atoms with E-state index in [9.17, 15) is 22.4 Å². The Morgan fingerprint density at radius 2 is 1.32 bits per heavy atom. The molecule has 0 aliphatic carbocycles. The first-order valence-electron chi connectivity index (χ1n) is 10.4. The van der Waals surface area contributed by atoms with Gasteiger partial charge in [-0.15, -0.1) is 0 Å². The Bertz CT molecular complexity index is 570. The molecule has 0 fully saturated rings. The Kier molecular flexibility index (Phi) is 11.8. The monoisotopic (exact) mass is 404 g/mol. The van der Waals surface area contributed by atoms with Gasteiger partial charge in [0, 0.05) is 0 Å². The number of hydrogen-bond acceptors (Lipinski definition) is 2. The van der Waals surface area contributed by atoms with E-state index < -0.39 is 29.1 Å². The Balaban J connectivity index is 2.11. The maximum Gasteiger partial charge on any atom is 0.416 e. The van der Waals surface area contributed by atoms with Crippen LogP contribution >= 0.6 is 0 Å². The average molecular weight is 404 g/mol. The van der Waals surface area contributed by atoms with Crippen molar-refractivity contribution in [3.63, 3.8) is 0 Å². The number of carbonyl (C=O) groups excluding carboxylic acids is 1. The highest BCUT2D eigenvalue weighted by atomic mass is 19.4. The van der Waals surface area contributed by atoms with Crippen molar-refractivity contribution in [2.24, 2.45) is 0 Å². The van der Waals surface area contributed by atoms with Gasteiger partial charge in [-0.2, -0.15) is 13.2 Å². The number of carbonyl (C=O) groups is 1. The minimum Gasteiger partial charge on any atom is -0.462 e. The molecule has 0 aliphatic heterocycles. The zero-order chi connectivity index (χ0) is 20.8. The molecule has 0 saturated carbocycles. The van der Waals surface area contributed by atoms with Crippen molar-refractivity contribution in [1.82, 2.24) is 0 Å². The van der Waals surface area contributed by atoms with E-state index in [-0.39, 0.29) is 6.61 Å². The summed E-state index contributed by atoms with van der Waals surface area (Å²) in [7, 11) is 0. The molecule has 0 bridgehead atoms. The lowest BCUT2D eigenvalue weighted by Crippen LogP contribution is -2.11. The minimum atomic E-state index is -4.70. The zero-order valence-corrected chi connectivity index (χ0v) is 16.8. The molecule has 1 rings (SSSR count). The standard InChI is InChI=1S/C22H32F4O2/c1-2-3-4-5-6-7-8-9-10-11-12-13-14-28-21(27)18-15-19(22(24,25)26)17-20(23)16-18/h15-17H,2-14H2,1H3. The second-order valence-electron chi connectivity index (χ2n) is 7.25. The number of halogens is 4. The Morgan fingerprint density at radius 1 is 0.821 bits per heavy atom. The van der Waals surface area contributed by atoms with Crippen molar-refractivity contribution in [2.75, 3.05) is 6.61 Å². The Morgan fingerprint density at radius 3 is 1.82 bits per heavy atom.